The molecule has 2 amide bonds. The molecule has 3 rings (SSSR count). The van der Waals surface area contributed by atoms with E-state index in [9.17, 15) is 13.2 Å². The fourth-order valence-electron chi connectivity index (χ4n) is 4.89. The van der Waals surface area contributed by atoms with E-state index in [1.165, 1.54) is 22.3 Å². The van der Waals surface area contributed by atoms with Crippen LogP contribution in [-0.2, 0) is 35.7 Å². The lowest BCUT2D eigenvalue weighted by atomic mass is 9.99. The van der Waals surface area contributed by atoms with Gasteiger partial charge >= 0.3 is 6.03 Å². The topological polar surface area (TPSA) is 78.5 Å². The van der Waals surface area contributed by atoms with Crippen molar-refractivity contribution in [1.29, 1.82) is 0 Å². The Balaban J connectivity index is 1.68. The molecule has 0 aliphatic heterocycles. The van der Waals surface area contributed by atoms with Crippen molar-refractivity contribution in [3.05, 3.63) is 28.3 Å². The minimum absolute atomic E-state index is 0.110. The molecule has 0 atom stereocenters. The van der Waals surface area contributed by atoms with E-state index in [1.54, 1.807) is 0 Å². The Morgan fingerprint density at radius 1 is 1.07 bits per heavy atom. The van der Waals surface area contributed by atoms with Gasteiger partial charge in [-0.15, -0.1) is 0 Å². The molecule has 0 bridgehead atoms. The smallest absolute Gasteiger partial charge is 0.307 e. The van der Waals surface area contributed by atoms with Crippen molar-refractivity contribution in [3.8, 4) is 0 Å². The fraction of sp³-hybridized carbons (Fsp3) is 0.682. The van der Waals surface area contributed by atoms with Crippen LogP contribution in [0.2, 0.25) is 0 Å². The molecule has 0 unspecified atom stereocenters. The number of fused-ring (bicyclic) bond motifs is 2. The molecule has 2 aliphatic carbocycles. The van der Waals surface area contributed by atoms with E-state index in [0.29, 0.717) is 6.54 Å². The largest absolute Gasteiger partial charge is 0.332 e. The summed E-state index contributed by atoms with van der Waals surface area (Å²) in [7, 11) is -3.72. The average molecular weight is 422 g/mol. The molecule has 0 saturated heterocycles. The number of hydrogen-bond acceptors (Lipinski definition) is 4. The highest BCUT2D eigenvalue weighted by Gasteiger charge is 2.28. The van der Waals surface area contributed by atoms with E-state index >= 15 is 0 Å². The van der Waals surface area contributed by atoms with Gasteiger partial charge in [0.25, 0.3) is 0 Å². The van der Waals surface area contributed by atoms with E-state index < -0.39 is 16.1 Å². The molecule has 0 fully saturated rings. The van der Waals surface area contributed by atoms with E-state index in [0.717, 1.165) is 44.2 Å². The molecule has 7 heteroatoms. The zero-order valence-electron chi connectivity index (χ0n) is 18.4. The Hall–Kier alpha value is -1.60. The van der Waals surface area contributed by atoms with Crippen molar-refractivity contribution >= 4 is 21.7 Å². The molecule has 0 radical (unpaired) electrons. The summed E-state index contributed by atoms with van der Waals surface area (Å²) in [5.41, 5.74) is 5.72. The van der Waals surface area contributed by atoms with Gasteiger partial charge in [-0.05, 0) is 95.4 Å². The molecule has 2 aliphatic rings. The summed E-state index contributed by atoms with van der Waals surface area (Å²) >= 11 is 0. The molecular formula is C22H35N3O3S. The average Bonchev–Trinajstić information content (AvgIpc) is 3.20. The highest BCUT2D eigenvalue weighted by molar-refractivity contribution is 7.90. The van der Waals surface area contributed by atoms with Gasteiger partial charge in [-0.1, -0.05) is 6.07 Å². The zero-order chi connectivity index (χ0) is 21.4. The number of carbonyl (C=O) groups is 1. The number of urea groups is 1. The van der Waals surface area contributed by atoms with Gasteiger partial charge in [-0.25, -0.2) is 17.9 Å². The highest BCUT2D eigenvalue weighted by Crippen LogP contribution is 2.38. The predicted molar refractivity (Wildman–Crippen MR) is 118 cm³/mol. The van der Waals surface area contributed by atoms with Crippen molar-refractivity contribution < 1.29 is 13.2 Å². The van der Waals surface area contributed by atoms with Crippen LogP contribution < -0.4 is 10.0 Å². The van der Waals surface area contributed by atoms with E-state index in [-0.39, 0.29) is 17.3 Å². The van der Waals surface area contributed by atoms with Gasteiger partial charge in [0.1, 0.15) is 0 Å². The first kappa shape index (κ1) is 22.1. The number of amides is 2. The second-order valence-corrected chi connectivity index (χ2v) is 11.4. The van der Waals surface area contributed by atoms with Crippen LogP contribution in [0.4, 0.5) is 10.5 Å². The van der Waals surface area contributed by atoms with Crippen LogP contribution in [0.1, 0.15) is 69.7 Å². The standard InChI is InChI=1S/C22H35N3O3S/c1-15(2)25(22(3,4)5)12-13-29(27,28)24-21(26)23-20-18-10-6-8-16(18)14-17-9-7-11-19(17)20/h14-15H,6-13H2,1-5H3,(H2,23,24,26). The van der Waals surface area contributed by atoms with Gasteiger partial charge in [0.15, 0.2) is 0 Å². The summed E-state index contributed by atoms with van der Waals surface area (Å²) < 4.78 is 27.3. The van der Waals surface area contributed by atoms with Crippen LogP contribution in [0.5, 0.6) is 0 Å². The maximum Gasteiger partial charge on any atom is 0.332 e. The number of benzene rings is 1. The molecule has 2 N–H and O–H groups in total. The molecule has 162 valence electrons. The first-order chi connectivity index (χ1) is 13.5. The molecule has 0 saturated carbocycles. The van der Waals surface area contributed by atoms with Gasteiger partial charge in [0, 0.05) is 23.8 Å². The lowest BCUT2D eigenvalue weighted by Crippen LogP contribution is -2.49. The second-order valence-electron chi connectivity index (χ2n) is 9.57. The van der Waals surface area contributed by atoms with Gasteiger partial charge in [0.05, 0.1) is 5.75 Å². The van der Waals surface area contributed by atoms with E-state index in [1.807, 2.05) is 0 Å². The molecule has 6 nitrogen and oxygen atoms in total. The molecule has 29 heavy (non-hydrogen) atoms. The fourth-order valence-corrected chi connectivity index (χ4v) is 5.76. The Morgan fingerprint density at radius 3 is 2.10 bits per heavy atom. The Bertz CT molecular complexity index is 853. The number of nitrogens with zero attached hydrogens (tertiary/aromatic N) is 1. The SMILES string of the molecule is CC(C)N(CCS(=O)(=O)NC(=O)Nc1c2c(cc3c1CCC3)CCC2)C(C)(C)C. The quantitative estimate of drug-likeness (QED) is 0.735. The van der Waals surface area contributed by atoms with Crippen LogP contribution in [0.25, 0.3) is 0 Å². The van der Waals surface area contributed by atoms with Crippen LogP contribution in [0.15, 0.2) is 6.07 Å². The molecule has 1 aromatic carbocycles. The van der Waals surface area contributed by atoms with Gasteiger partial charge in [0.2, 0.25) is 10.0 Å². The van der Waals surface area contributed by atoms with E-state index in [2.05, 4.69) is 55.6 Å². The summed E-state index contributed by atoms with van der Waals surface area (Å²) in [6.45, 7) is 10.7. The number of hydrogen-bond donors (Lipinski definition) is 2. The number of carbonyl (C=O) groups excluding carboxylic acids is 1. The van der Waals surface area contributed by atoms with Gasteiger partial charge < -0.3 is 5.32 Å². The van der Waals surface area contributed by atoms with Crippen LogP contribution in [0.3, 0.4) is 0 Å². The first-order valence-electron chi connectivity index (χ1n) is 10.7. The summed E-state index contributed by atoms with van der Waals surface area (Å²) in [4.78, 5) is 14.7. The Labute approximate surface area is 175 Å². The molecule has 1 aromatic rings. The highest BCUT2D eigenvalue weighted by atomic mass is 32.2. The van der Waals surface area contributed by atoms with Crippen LogP contribution in [0, 0.1) is 0 Å². The van der Waals surface area contributed by atoms with Crippen LogP contribution in [-0.4, -0.2) is 43.2 Å². The predicted octanol–water partition coefficient (Wildman–Crippen LogP) is 3.62. The lowest BCUT2D eigenvalue weighted by molar-refractivity contribution is 0.108. The second kappa shape index (κ2) is 8.26. The van der Waals surface area contributed by atoms with Crippen molar-refractivity contribution in [3.63, 3.8) is 0 Å². The zero-order valence-corrected chi connectivity index (χ0v) is 19.2. The maximum absolute atomic E-state index is 12.6. The number of nitrogens with one attached hydrogen (secondary N) is 2. The van der Waals surface area contributed by atoms with Crippen molar-refractivity contribution in [2.75, 3.05) is 17.6 Å². The Kier molecular flexibility index (Phi) is 6.30. The molecule has 0 spiro atoms. The third-order valence-electron chi connectivity index (χ3n) is 6.05. The molecule has 0 heterocycles. The normalized spacial score (nSPS) is 16.2. The van der Waals surface area contributed by atoms with Crippen LogP contribution >= 0.6 is 0 Å². The number of sulfonamides is 1. The van der Waals surface area contributed by atoms with Gasteiger partial charge in [-0.3, -0.25) is 4.90 Å². The summed E-state index contributed by atoms with van der Waals surface area (Å²) in [5, 5.41) is 2.90. The maximum atomic E-state index is 12.6. The summed E-state index contributed by atoms with van der Waals surface area (Å²) in [6.07, 6.45) is 6.14. The monoisotopic (exact) mass is 421 g/mol. The van der Waals surface area contributed by atoms with Gasteiger partial charge in [-0.2, -0.15) is 0 Å². The third-order valence-corrected chi connectivity index (χ3v) is 7.26. The van der Waals surface area contributed by atoms with Crippen molar-refractivity contribution in [1.82, 2.24) is 9.62 Å². The number of rotatable bonds is 6. The minimum Gasteiger partial charge on any atom is -0.307 e. The summed E-state index contributed by atoms with van der Waals surface area (Å²) in [6, 6.07) is 1.86. The lowest BCUT2D eigenvalue weighted by Gasteiger charge is -2.38. The van der Waals surface area contributed by atoms with Crippen molar-refractivity contribution in [2.45, 2.75) is 84.7 Å². The molecule has 0 aromatic heterocycles. The first-order valence-corrected chi connectivity index (χ1v) is 12.4. The third kappa shape index (κ3) is 5.12. The minimum atomic E-state index is -3.72. The Morgan fingerprint density at radius 2 is 1.62 bits per heavy atom. The number of anilines is 1. The van der Waals surface area contributed by atoms with E-state index in [4.69, 9.17) is 0 Å². The number of aryl methyl sites for hydroxylation is 2. The van der Waals surface area contributed by atoms with Crippen molar-refractivity contribution in [2.24, 2.45) is 0 Å². The molecular weight excluding hydrogens is 386 g/mol. The summed E-state index contributed by atoms with van der Waals surface area (Å²) in [5.74, 6) is -0.110.